The molecule has 0 heterocycles. The highest BCUT2D eigenvalue weighted by Crippen LogP contribution is 2.06. The summed E-state index contributed by atoms with van der Waals surface area (Å²) in [6.45, 7) is 8.08. The lowest BCUT2D eigenvalue weighted by Gasteiger charge is -2.20. The van der Waals surface area contributed by atoms with E-state index in [1.807, 2.05) is 34.7 Å². The third-order valence-corrected chi connectivity index (χ3v) is 1.44. The maximum absolute atomic E-state index is 11.1. The Kier molecular flexibility index (Phi) is 4.77. The van der Waals surface area contributed by atoms with Crippen molar-refractivity contribution in [3.8, 4) is 0 Å². The van der Waals surface area contributed by atoms with E-state index in [1.54, 1.807) is 0 Å². The highest BCUT2D eigenvalue weighted by molar-refractivity contribution is 5.67. The van der Waals surface area contributed by atoms with Gasteiger partial charge >= 0.3 is 6.09 Å². The monoisotopic (exact) mass is 188 g/mol. The number of carbonyl (C=O) groups excluding carboxylic acids is 1. The van der Waals surface area contributed by atoms with Gasteiger partial charge in [0.2, 0.25) is 0 Å². The molecule has 0 aliphatic carbocycles. The number of rotatable bonds is 3. The molecule has 4 heteroatoms. The number of hydrogen-bond acceptors (Lipinski definition) is 3. The van der Waals surface area contributed by atoms with E-state index in [0.29, 0.717) is 6.54 Å². The summed E-state index contributed by atoms with van der Waals surface area (Å²) in [6.07, 6.45) is -0.366. The van der Waals surface area contributed by atoms with E-state index >= 15 is 0 Å². The molecule has 1 amide bonds. The summed E-state index contributed by atoms with van der Waals surface area (Å²) in [5, 5.41) is 5.68. The van der Waals surface area contributed by atoms with Gasteiger partial charge in [0.05, 0.1) is 0 Å². The Morgan fingerprint density at radius 1 is 1.46 bits per heavy atom. The Labute approximate surface area is 80.0 Å². The first-order valence-corrected chi connectivity index (χ1v) is 4.49. The van der Waals surface area contributed by atoms with Crippen LogP contribution in [0.15, 0.2) is 0 Å². The molecule has 0 fully saturated rings. The van der Waals surface area contributed by atoms with Gasteiger partial charge in [-0.1, -0.05) is 0 Å². The minimum Gasteiger partial charge on any atom is -0.444 e. The fourth-order valence-corrected chi connectivity index (χ4v) is 0.653. The fraction of sp³-hybridized carbons (Fsp3) is 0.889. The van der Waals surface area contributed by atoms with Crippen LogP contribution in [-0.2, 0) is 4.74 Å². The highest BCUT2D eigenvalue weighted by Gasteiger charge is 2.15. The van der Waals surface area contributed by atoms with Gasteiger partial charge in [0, 0.05) is 12.6 Å². The van der Waals surface area contributed by atoms with Crippen molar-refractivity contribution in [1.82, 2.24) is 10.6 Å². The van der Waals surface area contributed by atoms with E-state index in [1.165, 1.54) is 0 Å². The molecule has 0 saturated heterocycles. The number of nitrogens with one attached hydrogen (secondary N) is 2. The van der Waals surface area contributed by atoms with E-state index in [9.17, 15) is 4.79 Å². The first kappa shape index (κ1) is 12.2. The zero-order valence-corrected chi connectivity index (χ0v) is 9.10. The quantitative estimate of drug-likeness (QED) is 0.697. The predicted molar refractivity (Wildman–Crippen MR) is 52.8 cm³/mol. The third kappa shape index (κ3) is 7.59. The molecule has 1 atom stereocenters. The molecule has 78 valence electrons. The molecule has 0 radical (unpaired) electrons. The maximum atomic E-state index is 11.1. The first-order chi connectivity index (χ1) is 5.85. The maximum Gasteiger partial charge on any atom is 0.407 e. The Morgan fingerprint density at radius 2 is 2.00 bits per heavy atom. The molecule has 0 aromatic rings. The Balaban J connectivity index is 3.64. The predicted octanol–water partition coefficient (Wildman–Crippen LogP) is 1.12. The van der Waals surface area contributed by atoms with Crippen LogP contribution in [0.3, 0.4) is 0 Å². The van der Waals surface area contributed by atoms with Crippen LogP contribution in [0.1, 0.15) is 27.7 Å². The van der Waals surface area contributed by atoms with Gasteiger partial charge in [-0.2, -0.15) is 0 Å². The topological polar surface area (TPSA) is 50.4 Å². The molecule has 4 nitrogen and oxygen atoms in total. The van der Waals surface area contributed by atoms with E-state index in [0.717, 1.165) is 0 Å². The summed E-state index contributed by atoms with van der Waals surface area (Å²) in [5.74, 6) is 0. The number of amides is 1. The molecule has 0 aliphatic heterocycles. The fourth-order valence-electron chi connectivity index (χ4n) is 0.653. The van der Waals surface area contributed by atoms with Crippen molar-refractivity contribution < 1.29 is 9.53 Å². The van der Waals surface area contributed by atoms with Crippen LogP contribution in [0.4, 0.5) is 4.79 Å². The average Bonchev–Trinajstić information content (AvgIpc) is 1.97. The largest absolute Gasteiger partial charge is 0.444 e. The van der Waals surface area contributed by atoms with Crippen molar-refractivity contribution in [2.24, 2.45) is 0 Å². The smallest absolute Gasteiger partial charge is 0.407 e. The van der Waals surface area contributed by atoms with Crippen molar-refractivity contribution >= 4 is 6.09 Å². The number of likely N-dealkylation sites (N-methyl/N-ethyl adjacent to an activating group) is 1. The summed E-state index contributed by atoms with van der Waals surface area (Å²) in [5.41, 5.74) is -0.424. The molecule has 0 aromatic heterocycles. The molecule has 0 aromatic carbocycles. The number of carbonyl (C=O) groups is 1. The van der Waals surface area contributed by atoms with Crippen LogP contribution < -0.4 is 10.6 Å². The highest BCUT2D eigenvalue weighted by atomic mass is 16.6. The second-order valence-electron chi connectivity index (χ2n) is 4.07. The standard InChI is InChI=1S/C9H20N2O2/c1-7(10-5)6-11-8(12)13-9(2,3)4/h7,10H,6H2,1-5H3,(H,11,12). The van der Waals surface area contributed by atoms with E-state index in [2.05, 4.69) is 10.6 Å². The number of alkyl carbamates (subject to hydrolysis) is 1. The van der Waals surface area contributed by atoms with E-state index < -0.39 is 5.60 Å². The molecular formula is C9H20N2O2. The lowest BCUT2D eigenvalue weighted by Crippen LogP contribution is -2.39. The van der Waals surface area contributed by atoms with Crippen LogP contribution >= 0.6 is 0 Å². The van der Waals surface area contributed by atoms with Gasteiger partial charge in [-0.3, -0.25) is 0 Å². The van der Waals surface area contributed by atoms with Gasteiger partial charge in [-0.15, -0.1) is 0 Å². The number of ether oxygens (including phenoxy) is 1. The van der Waals surface area contributed by atoms with Gasteiger partial charge in [-0.25, -0.2) is 4.79 Å². The Hall–Kier alpha value is -0.770. The Bertz CT molecular complexity index is 163. The molecule has 0 spiro atoms. The van der Waals surface area contributed by atoms with E-state index in [4.69, 9.17) is 4.74 Å². The molecule has 0 aliphatic rings. The van der Waals surface area contributed by atoms with Gasteiger partial charge < -0.3 is 15.4 Å². The van der Waals surface area contributed by atoms with Crippen LogP contribution in [0.2, 0.25) is 0 Å². The van der Waals surface area contributed by atoms with Crippen molar-refractivity contribution in [2.75, 3.05) is 13.6 Å². The lowest BCUT2D eigenvalue weighted by molar-refractivity contribution is 0.0524. The lowest BCUT2D eigenvalue weighted by atomic mass is 10.2. The van der Waals surface area contributed by atoms with Gasteiger partial charge in [-0.05, 0) is 34.7 Å². The molecule has 13 heavy (non-hydrogen) atoms. The van der Waals surface area contributed by atoms with Crippen LogP contribution in [0.5, 0.6) is 0 Å². The van der Waals surface area contributed by atoms with Crippen molar-refractivity contribution in [3.05, 3.63) is 0 Å². The van der Waals surface area contributed by atoms with Crippen molar-refractivity contribution in [1.29, 1.82) is 0 Å². The van der Waals surface area contributed by atoms with E-state index in [-0.39, 0.29) is 12.1 Å². The van der Waals surface area contributed by atoms with Crippen LogP contribution in [0, 0.1) is 0 Å². The van der Waals surface area contributed by atoms with Gasteiger partial charge in [0.25, 0.3) is 0 Å². The Morgan fingerprint density at radius 3 is 2.38 bits per heavy atom. The van der Waals surface area contributed by atoms with Crippen LogP contribution in [-0.4, -0.2) is 31.3 Å². The minimum absolute atomic E-state index is 0.257. The third-order valence-electron chi connectivity index (χ3n) is 1.44. The van der Waals surface area contributed by atoms with Gasteiger partial charge in [0.15, 0.2) is 0 Å². The second-order valence-corrected chi connectivity index (χ2v) is 4.07. The summed E-state index contributed by atoms with van der Waals surface area (Å²) >= 11 is 0. The zero-order chi connectivity index (χ0) is 10.5. The first-order valence-electron chi connectivity index (χ1n) is 4.49. The summed E-state index contributed by atoms with van der Waals surface area (Å²) in [7, 11) is 1.85. The molecule has 1 unspecified atom stereocenters. The molecular weight excluding hydrogens is 168 g/mol. The van der Waals surface area contributed by atoms with Crippen LogP contribution in [0.25, 0.3) is 0 Å². The molecule has 0 saturated carbocycles. The van der Waals surface area contributed by atoms with Crippen molar-refractivity contribution in [3.63, 3.8) is 0 Å². The second kappa shape index (κ2) is 5.07. The molecule has 2 N–H and O–H groups in total. The molecule has 0 bridgehead atoms. The SMILES string of the molecule is CNC(C)CNC(=O)OC(C)(C)C. The number of hydrogen-bond donors (Lipinski definition) is 2. The average molecular weight is 188 g/mol. The summed E-state index contributed by atoms with van der Waals surface area (Å²) in [4.78, 5) is 11.1. The zero-order valence-electron chi connectivity index (χ0n) is 9.10. The molecule has 0 rings (SSSR count). The summed E-state index contributed by atoms with van der Waals surface area (Å²) < 4.78 is 5.05. The van der Waals surface area contributed by atoms with Crippen molar-refractivity contribution in [2.45, 2.75) is 39.3 Å². The summed E-state index contributed by atoms with van der Waals surface area (Å²) in [6, 6.07) is 0.257. The normalized spacial score (nSPS) is 13.6. The minimum atomic E-state index is -0.424. The van der Waals surface area contributed by atoms with Gasteiger partial charge in [0.1, 0.15) is 5.60 Å².